The number of carbonyl (C=O) groups is 2. The summed E-state index contributed by atoms with van der Waals surface area (Å²) < 4.78 is 59.7. The fraction of sp³-hybridized carbons (Fsp3) is 0.421. The van der Waals surface area contributed by atoms with Crippen LogP contribution in [0.1, 0.15) is 17.7 Å². The summed E-state index contributed by atoms with van der Waals surface area (Å²) in [6.07, 6.45) is -0.601. The molecule has 186 valence electrons. The first-order chi connectivity index (χ1) is 16.1. The van der Waals surface area contributed by atoms with Crippen LogP contribution in [0.5, 0.6) is 11.8 Å². The van der Waals surface area contributed by atoms with Gasteiger partial charge in [-0.25, -0.2) is 27.1 Å². The number of sulfonamides is 1. The summed E-state index contributed by atoms with van der Waals surface area (Å²) in [4.78, 5) is 35.3. The van der Waals surface area contributed by atoms with Crippen molar-refractivity contribution >= 4 is 28.0 Å². The summed E-state index contributed by atoms with van der Waals surface area (Å²) in [6.45, 7) is 1.33. The molecule has 0 fully saturated rings. The van der Waals surface area contributed by atoms with Crippen molar-refractivity contribution in [1.29, 1.82) is 0 Å². The van der Waals surface area contributed by atoms with E-state index in [4.69, 9.17) is 14.2 Å². The smallest absolute Gasteiger partial charge is 0.368 e. The molecule has 34 heavy (non-hydrogen) atoms. The van der Waals surface area contributed by atoms with Crippen LogP contribution in [-0.4, -0.2) is 69.7 Å². The number of nitrogens with zero attached hydrogens (tertiary/aromatic N) is 3. The Bertz CT molecular complexity index is 1110. The van der Waals surface area contributed by atoms with E-state index in [0.29, 0.717) is 5.56 Å². The number of rotatable bonds is 11. The molecule has 2 heterocycles. The van der Waals surface area contributed by atoms with E-state index in [1.54, 1.807) is 0 Å². The van der Waals surface area contributed by atoms with Crippen LogP contribution in [0.3, 0.4) is 0 Å². The first-order valence-electron chi connectivity index (χ1n) is 9.70. The van der Waals surface area contributed by atoms with Crippen LogP contribution in [-0.2, 0) is 30.7 Å². The maximum absolute atomic E-state index is 13.1. The minimum Gasteiger partial charge on any atom is -0.481 e. The summed E-state index contributed by atoms with van der Waals surface area (Å²) in [5.74, 6) is -1.28. The molecule has 0 spiro atoms. The third kappa shape index (κ3) is 7.21. The van der Waals surface area contributed by atoms with Gasteiger partial charge in [0.2, 0.25) is 17.7 Å². The lowest BCUT2D eigenvalue weighted by atomic mass is 10.2. The number of alkyl halides is 1. The molecule has 2 aromatic heterocycles. The zero-order chi connectivity index (χ0) is 25.3. The number of pyridine rings is 1. The molecule has 0 saturated carbocycles. The normalized spacial score (nSPS) is 11.9. The molecule has 1 unspecified atom stereocenters. The number of urea groups is 1. The molecule has 2 rings (SSSR count). The molecule has 1 atom stereocenters. The highest BCUT2D eigenvalue weighted by Gasteiger charge is 2.25. The van der Waals surface area contributed by atoms with Crippen molar-refractivity contribution in [2.45, 2.75) is 31.0 Å². The van der Waals surface area contributed by atoms with Crippen molar-refractivity contribution < 1.29 is 41.3 Å². The van der Waals surface area contributed by atoms with Crippen LogP contribution < -0.4 is 19.5 Å². The van der Waals surface area contributed by atoms with E-state index < -0.39 is 28.4 Å². The summed E-state index contributed by atoms with van der Waals surface area (Å²) in [7, 11) is -0.671. The zero-order valence-corrected chi connectivity index (χ0v) is 19.6. The number of halogens is 1. The van der Waals surface area contributed by atoms with E-state index in [1.807, 2.05) is 4.72 Å². The Morgan fingerprint density at radius 2 is 1.79 bits per heavy atom. The van der Waals surface area contributed by atoms with E-state index in [1.165, 1.54) is 39.5 Å². The second-order valence-corrected chi connectivity index (χ2v) is 8.18. The quantitative estimate of drug-likeness (QED) is 0.334. The number of amides is 2. The highest BCUT2D eigenvalue weighted by molar-refractivity contribution is 7.90. The van der Waals surface area contributed by atoms with Crippen LogP contribution in [0, 0.1) is 6.92 Å². The van der Waals surface area contributed by atoms with Crippen molar-refractivity contribution in [1.82, 2.24) is 19.7 Å². The van der Waals surface area contributed by atoms with Crippen LogP contribution in [0.4, 0.5) is 15.1 Å². The van der Waals surface area contributed by atoms with Crippen molar-refractivity contribution in [2.24, 2.45) is 0 Å². The third-order valence-electron chi connectivity index (χ3n) is 4.19. The van der Waals surface area contributed by atoms with Crippen LogP contribution in [0.25, 0.3) is 0 Å². The molecule has 0 bridgehead atoms. The molecule has 0 aliphatic rings. The molecule has 2 aromatic rings. The lowest BCUT2D eigenvalue weighted by molar-refractivity contribution is -0.166. The Labute approximate surface area is 195 Å². The number of aromatic nitrogens is 3. The van der Waals surface area contributed by atoms with Gasteiger partial charge in [0, 0.05) is 13.3 Å². The minimum absolute atomic E-state index is 0.0625. The van der Waals surface area contributed by atoms with E-state index >= 15 is 0 Å². The highest BCUT2D eigenvalue weighted by atomic mass is 32.2. The monoisotopic (exact) mass is 501 g/mol. The molecule has 0 aliphatic carbocycles. The fourth-order valence-electron chi connectivity index (χ4n) is 2.69. The first-order valence-corrected chi connectivity index (χ1v) is 11.2. The number of esters is 1. The highest BCUT2D eigenvalue weighted by Crippen LogP contribution is 2.21. The largest absolute Gasteiger partial charge is 0.481 e. The van der Waals surface area contributed by atoms with Crippen LogP contribution >= 0.6 is 0 Å². The lowest BCUT2D eigenvalue weighted by Gasteiger charge is -2.14. The van der Waals surface area contributed by atoms with Gasteiger partial charge in [-0.1, -0.05) is 0 Å². The summed E-state index contributed by atoms with van der Waals surface area (Å²) in [5.41, 5.74) is 0.448. The predicted molar refractivity (Wildman–Crippen MR) is 115 cm³/mol. The number of carbonyl (C=O) groups excluding carboxylic acids is 2. The van der Waals surface area contributed by atoms with Gasteiger partial charge in [-0.3, -0.25) is 10.3 Å². The first kappa shape index (κ1) is 26.7. The van der Waals surface area contributed by atoms with Crippen LogP contribution in [0.2, 0.25) is 0 Å². The number of methoxy groups -OCH3 is 3. The molecule has 2 N–H and O–H groups in total. The number of aryl methyl sites for hydroxylation is 2. The molecule has 0 radical (unpaired) electrons. The van der Waals surface area contributed by atoms with Gasteiger partial charge in [-0.05, 0) is 31.4 Å². The van der Waals surface area contributed by atoms with Gasteiger partial charge in [0.15, 0.2) is 0 Å². The number of anilines is 1. The number of hydrogen-bond acceptors (Lipinski definition) is 11. The molecule has 0 saturated heterocycles. The van der Waals surface area contributed by atoms with Gasteiger partial charge in [-0.15, -0.1) is 0 Å². The Morgan fingerprint density at radius 1 is 1.15 bits per heavy atom. The maximum Gasteiger partial charge on any atom is 0.368 e. The van der Waals surface area contributed by atoms with E-state index in [2.05, 4.69) is 25.0 Å². The molecule has 2 amide bonds. The number of hydrogen-bond donors (Lipinski definition) is 2. The number of ether oxygens (including phenoxy) is 4. The standard InChI is InChI=1S/C19H24FN5O8S/c1-11-7-8-21-12(6-5-9-33-17(26)16(20)32-4)15(11)34(28,29)25-19(27)24-18-22-13(30-2)10-14(23-18)31-3/h7-8,10,16H,5-6,9H2,1-4H3,(H2,22,23,24,25,27). The Balaban J connectivity index is 2.12. The molecule has 0 aromatic carbocycles. The molecule has 13 nitrogen and oxygen atoms in total. The molecule has 15 heteroatoms. The van der Waals surface area contributed by atoms with E-state index in [0.717, 1.165) is 7.11 Å². The summed E-state index contributed by atoms with van der Waals surface area (Å²) in [6, 6.07) is 1.69. The fourth-order valence-corrected chi connectivity index (χ4v) is 4.04. The Morgan fingerprint density at radius 3 is 2.38 bits per heavy atom. The second kappa shape index (κ2) is 12.0. The molecular weight excluding hydrogens is 477 g/mol. The predicted octanol–water partition coefficient (Wildman–Crippen LogP) is 1.13. The van der Waals surface area contributed by atoms with Gasteiger partial charge in [0.25, 0.3) is 16.4 Å². The van der Waals surface area contributed by atoms with E-state index in [9.17, 15) is 22.4 Å². The average Bonchev–Trinajstić information content (AvgIpc) is 2.80. The second-order valence-electron chi connectivity index (χ2n) is 6.56. The third-order valence-corrected chi connectivity index (χ3v) is 5.74. The van der Waals surface area contributed by atoms with Crippen LogP contribution in [0.15, 0.2) is 23.2 Å². The van der Waals surface area contributed by atoms with Crippen molar-refractivity contribution in [2.75, 3.05) is 33.3 Å². The number of nitrogens with one attached hydrogen (secondary N) is 2. The van der Waals surface area contributed by atoms with Crippen molar-refractivity contribution in [3.05, 3.63) is 29.6 Å². The minimum atomic E-state index is -4.37. The zero-order valence-electron chi connectivity index (χ0n) is 18.8. The SMILES string of the molecule is COc1cc(OC)nc(NC(=O)NS(=O)(=O)c2c(C)ccnc2CCCOC(=O)C(F)OC)n1. The maximum atomic E-state index is 13.1. The van der Waals surface area contributed by atoms with Gasteiger partial charge in [0.1, 0.15) is 4.90 Å². The summed E-state index contributed by atoms with van der Waals surface area (Å²) >= 11 is 0. The van der Waals surface area contributed by atoms with E-state index in [-0.39, 0.29) is 47.7 Å². The molecule has 0 aliphatic heterocycles. The average molecular weight is 501 g/mol. The molecular formula is C19H24FN5O8S. The topological polar surface area (TPSA) is 168 Å². The van der Waals surface area contributed by atoms with Gasteiger partial charge < -0.3 is 18.9 Å². The Hall–Kier alpha value is -3.59. The van der Waals surface area contributed by atoms with Gasteiger partial charge in [-0.2, -0.15) is 9.97 Å². The Kier molecular flexibility index (Phi) is 9.44. The van der Waals surface area contributed by atoms with Gasteiger partial charge in [0.05, 0.1) is 32.6 Å². The van der Waals surface area contributed by atoms with Gasteiger partial charge >= 0.3 is 12.0 Å². The van der Waals surface area contributed by atoms with Crippen molar-refractivity contribution in [3.8, 4) is 11.8 Å². The van der Waals surface area contributed by atoms with Crippen molar-refractivity contribution in [3.63, 3.8) is 0 Å². The summed E-state index contributed by atoms with van der Waals surface area (Å²) in [5, 5.41) is 2.20. The lowest BCUT2D eigenvalue weighted by Crippen LogP contribution is -2.36.